The van der Waals surface area contributed by atoms with Gasteiger partial charge in [0, 0.05) is 23.5 Å². The molecule has 0 aliphatic rings. The number of hydrogen-bond donors (Lipinski definition) is 1. The van der Waals surface area contributed by atoms with Crippen molar-refractivity contribution in [2.75, 3.05) is 18.6 Å². The number of ether oxygens (including phenoxy) is 1. The van der Waals surface area contributed by atoms with Crippen molar-refractivity contribution in [3.05, 3.63) is 82.6 Å². The predicted octanol–water partition coefficient (Wildman–Crippen LogP) is 5.63. The van der Waals surface area contributed by atoms with Crippen molar-refractivity contribution >= 4 is 28.8 Å². The highest BCUT2D eigenvalue weighted by molar-refractivity contribution is 7.10. The normalized spacial score (nSPS) is 11.0. The fourth-order valence-corrected chi connectivity index (χ4v) is 4.05. The Morgan fingerprint density at radius 2 is 1.69 bits per heavy atom. The van der Waals surface area contributed by atoms with Crippen LogP contribution in [0.3, 0.4) is 0 Å². The van der Waals surface area contributed by atoms with Crippen LogP contribution in [-0.4, -0.2) is 25.5 Å². The van der Waals surface area contributed by atoms with Gasteiger partial charge in [0.15, 0.2) is 0 Å². The van der Waals surface area contributed by atoms with E-state index in [2.05, 4.69) is 5.32 Å². The van der Waals surface area contributed by atoms with Crippen LogP contribution in [0, 0.1) is 0 Å². The van der Waals surface area contributed by atoms with E-state index in [9.17, 15) is 9.59 Å². The van der Waals surface area contributed by atoms with Gasteiger partial charge < -0.3 is 10.1 Å². The number of methoxy groups -OCH3 is 1. The van der Waals surface area contributed by atoms with E-state index in [0.29, 0.717) is 24.4 Å². The van der Waals surface area contributed by atoms with Gasteiger partial charge in [0.25, 0.3) is 0 Å². The van der Waals surface area contributed by atoms with Crippen LogP contribution < -0.4 is 15.0 Å². The minimum Gasteiger partial charge on any atom is -0.497 e. The third-order valence-electron chi connectivity index (χ3n) is 4.80. The third kappa shape index (κ3) is 6.69. The molecule has 170 valence electrons. The summed E-state index contributed by atoms with van der Waals surface area (Å²) in [5.74, 6) is 0.394. The summed E-state index contributed by atoms with van der Waals surface area (Å²) in [6.07, 6.45) is 1.03. The Bertz CT molecular complexity index is 941. The lowest BCUT2D eigenvalue weighted by molar-refractivity contribution is -0.126. The maximum atomic E-state index is 13.3. The van der Waals surface area contributed by atoms with Gasteiger partial charge in [-0.2, -0.15) is 0 Å². The number of nitrogens with zero attached hydrogens (tertiary/aromatic N) is 1. The fraction of sp³-hybridized carbons (Fsp3) is 0.308. The number of nitrogens with one attached hydrogen (secondary N) is 1. The lowest BCUT2D eigenvalue weighted by atomic mass is 10.1. The molecule has 2 amide bonds. The van der Waals surface area contributed by atoms with E-state index in [1.165, 1.54) is 11.3 Å². The van der Waals surface area contributed by atoms with Gasteiger partial charge in [-0.15, -0.1) is 11.3 Å². The highest BCUT2D eigenvalue weighted by Gasteiger charge is 2.32. The average Bonchev–Trinajstić information content (AvgIpc) is 3.38. The standard InChI is InChI=1S/C24H26N2O3S.C2H6/c1-3-22(27)26(19-11-13-20(29-2)14-12-19)23(21-10-7-17-30-21)24(28)25-16-15-18-8-5-4-6-9-18;1-2/h4-14,17,23H,3,15-16H2,1-2H3,(H,25,28);1-2H3. The van der Waals surface area contributed by atoms with E-state index < -0.39 is 6.04 Å². The molecule has 0 radical (unpaired) electrons. The summed E-state index contributed by atoms with van der Waals surface area (Å²) in [5, 5.41) is 4.94. The zero-order chi connectivity index (χ0) is 23.3. The van der Waals surface area contributed by atoms with Crippen LogP contribution in [0.15, 0.2) is 72.1 Å². The Labute approximate surface area is 195 Å². The van der Waals surface area contributed by atoms with Gasteiger partial charge in [-0.05, 0) is 47.7 Å². The van der Waals surface area contributed by atoms with Crippen molar-refractivity contribution in [3.63, 3.8) is 0 Å². The van der Waals surface area contributed by atoms with E-state index in [1.54, 1.807) is 31.1 Å². The summed E-state index contributed by atoms with van der Waals surface area (Å²) in [7, 11) is 1.60. The second-order valence-corrected chi connectivity index (χ2v) is 7.74. The van der Waals surface area contributed by atoms with E-state index in [0.717, 1.165) is 16.9 Å². The van der Waals surface area contributed by atoms with Crippen LogP contribution in [0.5, 0.6) is 5.75 Å². The summed E-state index contributed by atoms with van der Waals surface area (Å²) < 4.78 is 5.23. The van der Waals surface area contributed by atoms with Gasteiger partial charge in [0.2, 0.25) is 11.8 Å². The number of benzene rings is 2. The number of anilines is 1. The van der Waals surface area contributed by atoms with E-state index >= 15 is 0 Å². The Kier molecular flexibility index (Phi) is 10.5. The van der Waals surface area contributed by atoms with Crippen LogP contribution in [0.1, 0.15) is 43.7 Å². The molecule has 0 bridgehead atoms. The Balaban J connectivity index is 0.00000176. The number of carbonyl (C=O) groups excluding carboxylic acids is 2. The molecular formula is C26H32N2O3S. The van der Waals surface area contributed by atoms with Gasteiger partial charge in [0.1, 0.15) is 11.8 Å². The maximum absolute atomic E-state index is 13.3. The van der Waals surface area contributed by atoms with Gasteiger partial charge in [-0.3, -0.25) is 14.5 Å². The molecule has 0 saturated carbocycles. The Hall–Kier alpha value is -3.12. The average molecular weight is 453 g/mol. The molecule has 2 aromatic carbocycles. The minimum atomic E-state index is -0.721. The van der Waals surface area contributed by atoms with Crippen molar-refractivity contribution in [3.8, 4) is 5.75 Å². The quantitative estimate of drug-likeness (QED) is 0.458. The number of amides is 2. The van der Waals surface area contributed by atoms with Crippen molar-refractivity contribution < 1.29 is 14.3 Å². The molecule has 6 heteroatoms. The highest BCUT2D eigenvalue weighted by atomic mass is 32.1. The first kappa shape index (κ1) is 25.1. The molecule has 0 aliphatic heterocycles. The number of carbonyl (C=O) groups is 2. The van der Waals surface area contributed by atoms with Crippen molar-refractivity contribution in [1.29, 1.82) is 0 Å². The monoisotopic (exact) mass is 452 g/mol. The first-order chi connectivity index (χ1) is 15.6. The topological polar surface area (TPSA) is 58.6 Å². The second-order valence-electron chi connectivity index (χ2n) is 6.76. The largest absolute Gasteiger partial charge is 0.497 e. The second kappa shape index (κ2) is 13.3. The van der Waals surface area contributed by atoms with Crippen molar-refractivity contribution in [2.45, 2.75) is 39.7 Å². The maximum Gasteiger partial charge on any atom is 0.248 e. The molecule has 0 fully saturated rings. The van der Waals surface area contributed by atoms with Crippen molar-refractivity contribution in [1.82, 2.24) is 5.32 Å². The van der Waals surface area contributed by atoms with Crippen molar-refractivity contribution in [2.24, 2.45) is 0 Å². The van der Waals surface area contributed by atoms with Gasteiger partial charge in [-0.25, -0.2) is 0 Å². The van der Waals surface area contributed by atoms with Gasteiger partial charge in [0.05, 0.1) is 7.11 Å². The summed E-state index contributed by atoms with van der Waals surface area (Å²) in [6, 6.07) is 20.3. The number of hydrogen-bond acceptors (Lipinski definition) is 4. The van der Waals surface area contributed by atoms with Gasteiger partial charge >= 0.3 is 0 Å². The summed E-state index contributed by atoms with van der Waals surface area (Å²) >= 11 is 1.47. The molecule has 1 heterocycles. The van der Waals surface area contributed by atoms with E-state index in [-0.39, 0.29) is 11.8 Å². The molecule has 1 unspecified atom stereocenters. The molecule has 1 aromatic heterocycles. The zero-order valence-electron chi connectivity index (χ0n) is 19.2. The molecular weight excluding hydrogens is 420 g/mol. The smallest absolute Gasteiger partial charge is 0.248 e. The minimum absolute atomic E-state index is 0.114. The molecule has 0 aliphatic carbocycles. The molecule has 3 aromatic rings. The van der Waals surface area contributed by atoms with Crippen LogP contribution in [0.2, 0.25) is 0 Å². The summed E-state index contributed by atoms with van der Waals surface area (Å²) in [4.78, 5) is 28.6. The lowest BCUT2D eigenvalue weighted by Crippen LogP contribution is -2.44. The van der Waals surface area contributed by atoms with Gasteiger partial charge in [-0.1, -0.05) is 57.2 Å². The predicted molar refractivity (Wildman–Crippen MR) is 132 cm³/mol. The molecule has 3 rings (SSSR count). The molecule has 1 atom stereocenters. The fourth-order valence-electron chi connectivity index (χ4n) is 3.24. The first-order valence-electron chi connectivity index (χ1n) is 10.9. The zero-order valence-corrected chi connectivity index (χ0v) is 20.0. The van der Waals surface area contributed by atoms with E-state index in [1.807, 2.05) is 73.8 Å². The summed E-state index contributed by atoms with van der Waals surface area (Å²) in [6.45, 7) is 6.30. The molecule has 0 saturated heterocycles. The Morgan fingerprint density at radius 3 is 2.25 bits per heavy atom. The molecule has 32 heavy (non-hydrogen) atoms. The SMILES string of the molecule is CC.CCC(=O)N(c1ccc(OC)cc1)C(C(=O)NCCc1ccccc1)c1cccs1. The van der Waals surface area contributed by atoms with Crippen LogP contribution in [-0.2, 0) is 16.0 Å². The molecule has 1 N–H and O–H groups in total. The molecule has 5 nitrogen and oxygen atoms in total. The molecule has 0 spiro atoms. The summed E-state index contributed by atoms with van der Waals surface area (Å²) in [5.41, 5.74) is 1.82. The number of rotatable bonds is 9. The number of thiophene rings is 1. The lowest BCUT2D eigenvalue weighted by Gasteiger charge is -2.30. The highest BCUT2D eigenvalue weighted by Crippen LogP contribution is 2.32. The third-order valence-corrected chi connectivity index (χ3v) is 5.72. The Morgan fingerprint density at radius 1 is 1.00 bits per heavy atom. The first-order valence-corrected chi connectivity index (χ1v) is 11.8. The van der Waals surface area contributed by atoms with Crippen LogP contribution in [0.25, 0.3) is 0 Å². The van der Waals surface area contributed by atoms with E-state index in [4.69, 9.17) is 4.74 Å². The van der Waals surface area contributed by atoms with Crippen LogP contribution in [0.4, 0.5) is 5.69 Å². The van der Waals surface area contributed by atoms with Crippen LogP contribution >= 0.6 is 11.3 Å².